The zero-order valence-corrected chi connectivity index (χ0v) is 14.4. The Balaban J connectivity index is 1.56. The minimum absolute atomic E-state index is 0.217. The van der Waals surface area contributed by atoms with Gasteiger partial charge in [0.05, 0.1) is 17.1 Å². The van der Waals surface area contributed by atoms with Gasteiger partial charge in [-0.1, -0.05) is 23.8 Å². The van der Waals surface area contributed by atoms with Gasteiger partial charge in [0.25, 0.3) is 0 Å². The fourth-order valence-corrected chi connectivity index (χ4v) is 3.46. The maximum Gasteiger partial charge on any atom is 0.226 e. The molecule has 1 saturated heterocycles. The Morgan fingerprint density at radius 3 is 2.54 bits per heavy atom. The molecule has 4 rings (SSSR count). The Kier molecular flexibility index (Phi) is 4.16. The van der Waals surface area contributed by atoms with Crippen LogP contribution in [0.5, 0.6) is 0 Å². The van der Waals surface area contributed by atoms with Gasteiger partial charge in [-0.15, -0.1) is 0 Å². The molecule has 1 aliphatic heterocycles. The minimum atomic E-state index is 0.217. The van der Waals surface area contributed by atoms with Crippen LogP contribution >= 0.6 is 23.2 Å². The van der Waals surface area contributed by atoms with E-state index in [1.54, 1.807) is 6.33 Å². The molecule has 0 atom stereocenters. The number of aromatic nitrogens is 4. The van der Waals surface area contributed by atoms with Crippen molar-refractivity contribution in [3.05, 3.63) is 46.6 Å². The van der Waals surface area contributed by atoms with Gasteiger partial charge in [-0.05, 0) is 30.2 Å². The third-order valence-corrected chi connectivity index (χ3v) is 4.70. The van der Waals surface area contributed by atoms with Crippen molar-refractivity contribution in [3.8, 4) is 0 Å². The Morgan fingerprint density at radius 1 is 0.958 bits per heavy atom. The normalized spacial score (nSPS) is 18.6. The van der Waals surface area contributed by atoms with Crippen molar-refractivity contribution < 1.29 is 0 Å². The first kappa shape index (κ1) is 15.5. The lowest BCUT2D eigenvalue weighted by Crippen LogP contribution is -2.46. The van der Waals surface area contributed by atoms with Gasteiger partial charge < -0.3 is 14.8 Å². The van der Waals surface area contributed by atoms with Crippen molar-refractivity contribution in [2.75, 3.05) is 31.1 Å². The molecule has 3 heterocycles. The summed E-state index contributed by atoms with van der Waals surface area (Å²) in [7, 11) is 0. The number of allylic oxidation sites excluding steroid dienone is 5. The smallest absolute Gasteiger partial charge is 0.226 e. The molecular weight excluding hydrogens is 347 g/mol. The number of nitrogens with one attached hydrogen (secondary N) is 1. The molecule has 124 valence electrons. The van der Waals surface area contributed by atoms with Crippen molar-refractivity contribution in [2.45, 2.75) is 6.42 Å². The second-order valence-electron chi connectivity index (χ2n) is 5.67. The van der Waals surface area contributed by atoms with E-state index in [2.05, 4.69) is 48.0 Å². The maximum atomic E-state index is 6.39. The molecule has 0 bridgehead atoms. The van der Waals surface area contributed by atoms with Gasteiger partial charge in [0.1, 0.15) is 5.52 Å². The van der Waals surface area contributed by atoms with E-state index in [1.165, 1.54) is 0 Å². The van der Waals surface area contributed by atoms with Crippen LogP contribution < -0.4 is 4.90 Å². The molecule has 2 aromatic rings. The summed E-state index contributed by atoms with van der Waals surface area (Å²) in [4.78, 5) is 20.3. The van der Waals surface area contributed by atoms with E-state index in [1.807, 2.05) is 6.08 Å². The molecule has 1 N–H and O–H groups in total. The van der Waals surface area contributed by atoms with Crippen LogP contribution in [0, 0.1) is 0 Å². The maximum absolute atomic E-state index is 6.39. The average molecular weight is 363 g/mol. The summed E-state index contributed by atoms with van der Waals surface area (Å²) in [5.41, 5.74) is 2.50. The highest BCUT2D eigenvalue weighted by Gasteiger charge is 2.23. The number of nitrogens with zero attached hydrogens (tertiary/aromatic N) is 5. The zero-order chi connectivity index (χ0) is 16.5. The molecular formula is C16H16Cl2N6. The van der Waals surface area contributed by atoms with E-state index in [0.717, 1.165) is 54.7 Å². The number of H-pyrrole nitrogens is 1. The molecule has 0 spiro atoms. The summed E-state index contributed by atoms with van der Waals surface area (Å²) in [6.07, 6.45) is 10.8. The Bertz CT molecular complexity index is 845. The van der Waals surface area contributed by atoms with E-state index in [0.29, 0.717) is 5.65 Å². The Labute approximate surface area is 149 Å². The van der Waals surface area contributed by atoms with Gasteiger partial charge in [-0.25, -0.2) is 4.98 Å². The molecule has 0 saturated carbocycles. The first-order chi connectivity index (χ1) is 11.7. The van der Waals surface area contributed by atoms with E-state index in [4.69, 9.17) is 23.2 Å². The minimum Gasteiger partial charge on any atom is -0.367 e. The van der Waals surface area contributed by atoms with Crippen molar-refractivity contribution in [1.82, 2.24) is 24.8 Å². The molecule has 0 radical (unpaired) electrons. The second-order valence-corrected chi connectivity index (χ2v) is 6.41. The van der Waals surface area contributed by atoms with E-state index >= 15 is 0 Å². The van der Waals surface area contributed by atoms with E-state index in [9.17, 15) is 0 Å². The number of piperazine rings is 1. The summed E-state index contributed by atoms with van der Waals surface area (Å²) in [5.74, 6) is 0.804. The fourth-order valence-electron chi connectivity index (χ4n) is 3.03. The van der Waals surface area contributed by atoms with Crippen molar-refractivity contribution in [1.29, 1.82) is 0 Å². The molecule has 8 heteroatoms. The van der Waals surface area contributed by atoms with Gasteiger partial charge in [-0.3, -0.25) is 0 Å². The first-order valence-corrected chi connectivity index (χ1v) is 8.57. The van der Waals surface area contributed by atoms with Crippen LogP contribution in [0.3, 0.4) is 0 Å². The van der Waals surface area contributed by atoms with E-state index < -0.39 is 0 Å². The molecule has 2 aliphatic rings. The molecule has 0 aromatic carbocycles. The number of imidazole rings is 1. The van der Waals surface area contributed by atoms with Gasteiger partial charge in [0.2, 0.25) is 5.28 Å². The van der Waals surface area contributed by atoms with Crippen LogP contribution in [0.25, 0.3) is 11.2 Å². The summed E-state index contributed by atoms with van der Waals surface area (Å²) in [5, 5.41) is 1.01. The third kappa shape index (κ3) is 2.87. The largest absolute Gasteiger partial charge is 0.367 e. The van der Waals surface area contributed by atoms with Crippen LogP contribution in [-0.2, 0) is 0 Å². The lowest BCUT2D eigenvalue weighted by molar-refractivity contribution is 0.329. The number of hydrogen-bond donors (Lipinski definition) is 1. The molecule has 24 heavy (non-hydrogen) atoms. The molecule has 1 fully saturated rings. The first-order valence-electron chi connectivity index (χ1n) is 7.82. The van der Waals surface area contributed by atoms with Crippen LogP contribution in [0.15, 0.2) is 41.4 Å². The number of anilines is 1. The topological polar surface area (TPSA) is 60.9 Å². The van der Waals surface area contributed by atoms with Crippen LogP contribution in [0.4, 0.5) is 5.82 Å². The molecule has 0 amide bonds. The number of halogens is 2. The highest BCUT2D eigenvalue weighted by atomic mass is 35.5. The number of rotatable bonds is 2. The highest BCUT2D eigenvalue weighted by molar-refractivity contribution is 6.31. The lowest BCUT2D eigenvalue weighted by atomic mass is 10.2. The van der Waals surface area contributed by atoms with Crippen molar-refractivity contribution in [3.63, 3.8) is 0 Å². The van der Waals surface area contributed by atoms with Gasteiger partial charge in [-0.2, -0.15) is 9.97 Å². The number of fused-ring (bicyclic) bond motifs is 1. The van der Waals surface area contributed by atoms with Crippen LogP contribution in [-0.4, -0.2) is 51.0 Å². The zero-order valence-electron chi connectivity index (χ0n) is 12.9. The van der Waals surface area contributed by atoms with Gasteiger partial charge in [0.15, 0.2) is 11.5 Å². The standard InChI is InChI=1S/C16H16Cl2N6/c17-11-4-2-1-3-5-12(11)23-6-8-24(9-7-23)15-13-14(20-10-19-13)21-16(18)22-15/h2-5,10H,1,6-9H2,(H,19,20,21,22). The number of hydrogen-bond acceptors (Lipinski definition) is 5. The monoisotopic (exact) mass is 362 g/mol. The summed E-state index contributed by atoms with van der Waals surface area (Å²) >= 11 is 12.4. The average Bonchev–Trinajstić information content (AvgIpc) is 2.95. The summed E-state index contributed by atoms with van der Waals surface area (Å²) in [6, 6.07) is 0. The van der Waals surface area contributed by atoms with Crippen molar-refractivity contribution >= 4 is 40.2 Å². The fraction of sp³-hybridized carbons (Fsp3) is 0.312. The van der Waals surface area contributed by atoms with E-state index in [-0.39, 0.29) is 5.28 Å². The predicted molar refractivity (Wildman–Crippen MR) is 96.3 cm³/mol. The van der Waals surface area contributed by atoms with Crippen molar-refractivity contribution in [2.24, 2.45) is 0 Å². The molecule has 6 nitrogen and oxygen atoms in total. The SMILES string of the molecule is ClC1=C(N2CCN(c3nc(Cl)nc4nc[nH]c34)CC2)C=CCC=C1. The third-order valence-electron chi connectivity index (χ3n) is 4.22. The Morgan fingerprint density at radius 2 is 1.71 bits per heavy atom. The molecule has 0 unspecified atom stereocenters. The van der Waals surface area contributed by atoms with Crippen LogP contribution in [0.2, 0.25) is 5.28 Å². The molecule has 1 aliphatic carbocycles. The summed E-state index contributed by atoms with van der Waals surface area (Å²) in [6.45, 7) is 3.38. The molecule has 2 aromatic heterocycles. The lowest BCUT2D eigenvalue weighted by Gasteiger charge is -2.37. The van der Waals surface area contributed by atoms with Gasteiger partial charge in [0, 0.05) is 26.2 Å². The predicted octanol–water partition coefficient (Wildman–Crippen LogP) is 3.09. The van der Waals surface area contributed by atoms with Crippen LogP contribution in [0.1, 0.15) is 6.42 Å². The quantitative estimate of drug-likeness (QED) is 0.831. The summed E-state index contributed by atoms with van der Waals surface area (Å²) < 4.78 is 0. The van der Waals surface area contributed by atoms with Gasteiger partial charge >= 0.3 is 0 Å². The Hall–Kier alpha value is -2.05. The number of aromatic amines is 1. The second kappa shape index (κ2) is 6.45. The highest BCUT2D eigenvalue weighted by Crippen LogP contribution is 2.26.